The molecule has 1 N–H and O–H groups in total. The van der Waals surface area contributed by atoms with E-state index in [-0.39, 0.29) is 0 Å². The first-order valence-corrected chi connectivity index (χ1v) is 7.48. The van der Waals surface area contributed by atoms with Crippen LogP contribution in [0, 0.1) is 12.8 Å². The molecule has 0 bridgehead atoms. The van der Waals surface area contributed by atoms with Gasteiger partial charge in [-0.05, 0) is 46.0 Å². The molecule has 1 unspecified atom stereocenters. The van der Waals surface area contributed by atoms with E-state index < -0.39 is 0 Å². The van der Waals surface area contributed by atoms with Crippen molar-refractivity contribution in [3.8, 4) is 5.75 Å². The summed E-state index contributed by atoms with van der Waals surface area (Å²) in [5.74, 6) is 1.71. The van der Waals surface area contributed by atoms with Crippen molar-refractivity contribution >= 4 is 0 Å². The molecule has 0 aliphatic carbocycles. The summed E-state index contributed by atoms with van der Waals surface area (Å²) >= 11 is 0. The van der Waals surface area contributed by atoms with Gasteiger partial charge in [-0.1, -0.05) is 31.5 Å². The normalized spacial score (nSPS) is 13.0. The summed E-state index contributed by atoms with van der Waals surface area (Å²) in [6.45, 7) is 8.78. The highest BCUT2D eigenvalue weighted by Gasteiger charge is 2.16. The van der Waals surface area contributed by atoms with Crippen molar-refractivity contribution in [2.24, 2.45) is 5.92 Å². The zero-order valence-electron chi connectivity index (χ0n) is 13.9. The molecule has 20 heavy (non-hydrogen) atoms. The van der Waals surface area contributed by atoms with E-state index in [0.29, 0.717) is 6.04 Å². The van der Waals surface area contributed by atoms with Crippen molar-refractivity contribution in [2.75, 3.05) is 34.3 Å². The SMILES string of the molecule is CNC(CN(C)CCC(C)C)c1cc(C)ccc1OC. The summed E-state index contributed by atoms with van der Waals surface area (Å²) in [7, 11) is 5.95. The Kier molecular flexibility index (Phi) is 7.03. The highest BCUT2D eigenvalue weighted by Crippen LogP contribution is 2.26. The van der Waals surface area contributed by atoms with Crippen LogP contribution in [0.5, 0.6) is 5.75 Å². The number of aryl methyl sites for hydroxylation is 1. The van der Waals surface area contributed by atoms with Crippen molar-refractivity contribution in [3.63, 3.8) is 0 Å². The second kappa shape index (κ2) is 8.28. The number of rotatable bonds is 8. The quantitative estimate of drug-likeness (QED) is 0.790. The number of methoxy groups -OCH3 is 1. The molecule has 0 amide bonds. The first-order valence-electron chi connectivity index (χ1n) is 7.48. The van der Waals surface area contributed by atoms with Crippen LogP contribution < -0.4 is 10.1 Å². The number of hydrogen-bond donors (Lipinski definition) is 1. The van der Waals surface area contributed by atoms with Gasteiger partial charge >= 0.3 is 0 Å². The molecule has 1 aromatic carbocycles. The topological polar surface area (TPSA) is 24.5 Å². The smallest absolute Gasteiger partial charge is 0.123 e. The van der Waals surface area contributed by atoms with Crippen LogP contribution in [0.4, 0.5) is 0 Å². The minimum Gasteiger partial charge on any atom is -0.496 e. The number of hydrogen-bond acceptors (Lipinski definition) is 3. The van der Waals surface area contributed by atoms with Gasteiger partial charge in [0.1, 0.15) is 5.75 Å². The molecular formula is C17H30N2O. The number of benzene rings is 1. The molecule has 0 heterocycles. The van der Waals surface area contributed by atoms with Crippen LogP contribution in [0.2, 0.25) is 0 Å². The van der Waals surface area contributed by atoms with Gasteiger partial charge in [-0.25, -0.2) is 0 Å². The third-order valence-corrected chi connectivity index (χ3v) is 3.69. The van der Waals surface area contributed by atoms with Crippen LogP contribution in [-0.4, -0.2) is 39.2 Å². The van der Waals surface area contributed by atoms with Crippen molar-refractivity contribution in [2.45, 2.75) is 33.2 Å². The number of nitrogens with one attached hydrogen (secondary N) is 1. The van der Waals surface area contributed by atoms with Gasteiger partial charge < -0.3 is 15.0 Å². The third kappa shape index (κ3) is 5.14. The monoisotopic (exact) mass is 278 g/mol. The summed E-state index contributed by atoms with van der Waals surface area (Å²) in [6, 6.07) is 6.67. The molecule has 1 aromatic rings. The van der Waals surface area contributed by atoms with E-state index in [9.17, 15) is 0 Å². The maximum absolute atomic E-state index is 5.50. The summed E-state index contributed by atoms with van der Waals surface area (Å²) in [6.07, 6.45) is 1.23. The van der Waals surface area contributed by atoms with Gasteiger partial charge in [-0.3, -0.25) is 0 Å². The molecular weight excluding hydrogens is 248 g/mol. The van der Waals surface area contributed by atoms with Crippen molar-refractivity contribution < 1.29 is 4.74 Å². The molecule has 3 heteroatoms. The second-order valence-corrected chi connectivity index (χ2v) is 6.03. The fourth-order valence-electron chi connectivity index (χ4n) is 2.35. The second-order valence-electron chi connectivity index (χ2n) is 6.03. The highest BCUT2D eigenvalue weighted by atomic mass is 16.5. The first-order chi connectivity index (χ1) is 9.47. The Bertz CT molecular complexity index is 404. The maximum Gasteiger partial charge on any atom is 0.123 e. The van der Waals surface area contributed by atoms with Crippen molar-refractivity contribution in [1.29, 1.82) is 0 Å². The fourth-order valence-corrected chi connectivity index (χ4v) is 2.35. The van der Waals surface area contributed by atoms with Crippen LogP contribution in [0.1, 0.15) is 37.4 Å². The maximum atomic E-state index is 5.50. The Hall–Kier alpha value is -1.06. The first kappa shape index (κ1) is 17.0. The van der Waals surface area contributed by atoms with Gasteiger partial charge in [0.05, 0.1) is 7.11 Å². The predicted octanol–water partition coefficient (Wildman–Crippen LogP) is 3.24. The van der Waals surface area contributed by atoms with Crippen LogP contribution in [0.25, 0.3) is 0 Å². The standard InChI is InChI=1S/C17H30N2O/c1-13(2)9-10-19(5)12-16(18-4)15-11-14(3)7-8-17(15)20-6/h7-8,11,13,16,18H,9-10,12H2,1-6H3. The minimum absolute atomic E-state index is 0.294. The van der Waals surface area contributed by atoms with Gasteiger partial charge in [0.25, 0.3) is 0 Å². The van der Waals surface area contributed by atoms with Gasteiger partial charge in [-0.2, -0.15) is 0 Å². The average Bonchev–Trinajstić information content (AvgIpc) is 2.42. The molecule has 114 valence electrons. The van der Waals surface area contributed by atoms with Crippen molar-refractivity contribution in [3.05, 3.63) is 29.3 Å². The van der Waals surface area contributed by atoms with E-state index in [1.54, 1.807) is 7.11 Å². The lowest BCUT2D eigenvalue weighted by molar-refractivity contribution is 0.276. The lowest BCUT2D eigenvalue weighted by Crippen LogP contribution is -2.32. The molecule has 0 aromatic heterocycles. The van der Waals surface area contributed by atoms with E-state index in [0.717, 1.165) is 24.8 Å². The minimum atomic E-state index is 0.294. The Morgan fingerprint density at radius 1 is 1.30 bits per heavy atom. The van der Waals surface area contributed by atoms with Crippen LogP contribution in [0.15, 0.2) is 18.2 Å². The summed E-state index contributed by atoms with van der Waals surface area (Å²) in [4.78, 5) is 2.39. The van der Waals surface area contributed by atoms with Crippen LogP contribution >= 0.6 is 0 Å². The average molecular weight is 278 g/mol. The Labute approximate surface area is 124 Å². The molecule has 0 fully saturated rings. The summed E-state index contributed by atoms with van der Waals surface area (Å²) in [5.41, 5.74) is 2.51. The van der Waals surface area contributed by atoms with E-state index in [2.05, 4.69) is 56.2 Å². The molecule has 1 atom stereocenters. The molecule has 0 radical (unpaired) electrons. The third-order valence-electron chi connectivity index (χ3n) is 3.69. The van der Waals surface area contributed by atoms with Crippen LogP contribution in [-0.2, 0) is 0 Å². The zero-order valence-corrected chi connectivity index (χ0v) is 13.9. The molecule has 3 nitrogen and oxygen atoms in total. The summed E-state index contributed by atoms with van der Waals surface area (Å²) < 4.78 is 5.50. The zero-order chi connectivity index (χ0) is 15.1. The fraction of sp³-hybridized carbons (Fsp3) is 0.647. The van der Waals surface area contributed by atoms with E-state index in [1.165, 1.54) is 17.5 Å². The summed E-state index contributed by atoms with van der Waals surface area (Å²) in [5, 5.41) is 3.42. The van der Waals surface area contributed by atoms with Gasteiger partial charge in [0, 0.05) is 18.2 Å². The predicted molar refractivity (Wildman–Crippen MR) is 86.5 cm³/mol. The number of ether oxygens (including phenoxy) is 1. The van der Waals surface area contributed by atoms with E-state index in [1.807, 2.05) is 7.05 Å². The Morgan fingerprint density at radius 3 is 2.55 bits per heavy atom. The molecule has 0 saturated heterocycles. The largest absolute Gasteiger partial charge is 0.496 e. The Balaban J connectivity index is 2.77. The van der Waals surface area contributed by atoms with E-state index in [4.69, 9.17) is 4.74 Å². The molecule has 0 spiro atoms. The molecule has 1 rings (SSSR count). The van der Waals surface area contributed by atoms with Crippen molar-refractivity contribution in [1.82, 2.24) is 10.2 Å². The molecule has 0 aliphatic heterocycles. The van der Waals surface area contributed by atoms with Crippen LogP contribution in [0.3, 0.4) is 0 Å². The Morgan fingerprint density at radius 2 is 2.00 bits per heavy atom. The van der Waals surface area contributed by atoms with E-state index >= 15 is 0 Å². The molecule has 0 aliphatic rings. The van der Waals surface area contributed by atoms with Gasteiger partial charge in [-0.15, -0.1) is 0 Å². The lowest BCUT2D eigenvalue weighted by Gasteiger charge is -2.26. The number of nitrogens with zero attached hydrogens (tertiary/aromatic N) is 1. The molecule has 0 saturated carbocycles. The lowest BCUT2D eigenvalue weighted by atomic mass is 10.0. The highest BCUT2D eigenvalue weighted by molar-refractivity contribution is 5.39. The van der Waals surface area contributed by atoms with Gasteiger partial charge in [0.15, 0.2) is 0 Å². The van der Waals surface area contributed by atoms with Gasteiger partial charge in [0.2, 0.25) is 0 Å². The number of likely N-dealkylation sites (N-methyl/N-ethyl adjacent to an activating group) is 2.